The Hall–Kier alpha value is -2.89. The average Bonchev–Trinajstić information content (AvgIpc) is 2.87. The summed E-state index contributed by atoms with van der Waals surface area (Å²) >= 11 is 0. The number of carboxylic acid groups (broad SMARTS) is 1. The highest BCUT2D eigenvalue weighted by atomic mass is 16.4. The van der Waals surface area contributed by atoms with Gasteiger partial charge >= 0.3 is 5.97 Å². The van der Waals surface area contributed by atoms with E-state index in [2.05, 4.69) is 5.10 Å². The van der Waals surface area contributed by atoms with Crippen molar-refractivity contribution in [2.24, 2.45) is 7.05 Å². The SMILES string of the molecule is Cn1ccc(Cn2cc(C(=O)O)c(=O)c3ccccc32)n1. The molecule has 2 heterocycles. The summed E-state index contributed by atoms with van der Waals surface area (Å²) in [6.07, 6.45) is 3.19. The lowest BCUT2D eigenvalue weighted by Crippen LogP contribution is -2.19. The van der Waals surface area contributed by atoms with Gasteiger partial charge in [-0.25, -0.2) is 4.79 Å². The zero-order chi connectivity index (χ0) is 15.0. The van der Waals surface area contributed by atoms with Crippen LogP contribution in [0, 0.1) is 0 Å². The van der Waals surface area contributed by atoms with Gasteiger partial charge in [0.05, 0.1) is 17.8 Å². The Morgan fingerprint density at radius 1 is 1.29 bits per heavy atom. The van der Waals surface area contributed by atoms with Crippen molar-refractivity contribution >= 4 is 16.9 Å². The number of aryl methyl sites for hydroxylation is 1. The molecule has 0 radical (unpaired) electrons. The number of nitrogens with zero attached hydrogens (tertiary/aromatic N) is 3. The van der Waals surface area contributed by atoms with Gasteiger partial charge in [0.25, 0.3) is 0 Å². The van der Waals surface area contributed by atoms with Crippen LogP contribution in [0.1, 0.15) is 16.1 Å². The van der Waals surface area contributed by atoms with Crippen LogP contribution in [-0.4, -0.2) is 25.4 Å². The zero-order valence-corrected chi connectivity index (χ0v) is 11.4. The van der Waals surface area contributed by atoms with Crippen molar-refractivity contribution < 1.29 is 9.90 Å². The summed E-state index contributed by atoms with van der Waals surface area (Å²) < 4.78 is 3.42. The molecule has 0 amide bonds. The molecule has 106 valence electrons. The van der Waals surface area contributed by atoms with Crippen molar-refractivity contribution in [2.75, 3.05) is 0 Å². The first-order chi connectivity index (χ1) is 10.1. The molecule has 0 aliphatic heterocycles. The van der Waals surface area contributed by atoms with Crippen LogP contribution in [0.3, 0.4) is 0 Å². The van der Waals surface area contributed by atoms with Crippen molar-refractivity contribution in [3.8, 4) is 0 Å². The van der Waals surface area contributed by atoms with Crippen molar-refractivity contribution in [2.45, 2.75) is 6.54 Å². The molecule has 3 aromatic rings. The van der Waals surface area contributed by atoms with Gasteiger partial charge in [0.15, 0.2) is 0 Å². The Morgan fingerprint density at radius 2 is 2.05 bits per heavy atom. The molecule has 0 spiro atoms. The fourth-order valence-electron chi connectivity index (χ4n) is 2.35. The highest BCUT2D eigenvalue weighted by molar-refractivity contribution is 5.92. The number of para-hydroxylation sites is 1. The molecule has 0 fully saturated rings. The number of aromatic carboxylic acids is 1. The van der Waals surface area contributed by atoms with E-state index in [1.807, 2.05) is 25.4 Å². The molecule has 0 unspecified atom stereocenters. The first kappa shape index (κ1) is 13.1. The van der Waals surface area contributed by atoms with Gasteiger partial charge in [0.2, 0.25) is 5.43 Å². The lowest BCUT2D eigenvalue weighted by atomic mass is 10.1. The van der Waals surface area contributed by atoms with Crippen LogP contribution in [0.25, 0.3) is 10.9 Å². The Bertz CT molecular complexity index is 893. The minimum Gasteiger partial charge on any atom is -0.477 e. The van der Waals surface area contributed by atoms with Crippen LogP contribution >= 0.6 is 0 Å². The molecule has 0 aliphatic carbocycles. The van der Waals surface area contributed by atoms with Crippen LogP contribution in [0.2, 0.25) is 0 Å². The van der Waals surface area contributed by atoms with E-state index in [-0.39, 0.29) is 5.56 Å². The van der Waals surface area contributed by atoms with Gasteiger partial charge in [-0.3, -0.25) is 9.48 Å². The van der Waals surface area contributed by atoms with Gasteiger partial charge in [-0.2, -0.15) is 5.10 Å². The molecule has 0 saturated heterocycles. The van der Waals surface area contributed by atoms with Gasteiger partial charge < -0.3 is 9.67 Å². The van der Waals surface area contributed by atoms with E-state index in [4.69, 9.17) is 0 Å². The minimum atomic E-state index is -1.22. The lowest BCUT2D eigenvalue weighted by molar-refractivity contribution is 0.0695. The number of hydrogen-bond donors (Lipinski definition) is 1. The smallest absolute Gasteiger partial charge is 0.341 e. The normalized spacial score (nSPS) is 10.9. The number of hydrogen-bond acceptors (Lipinski definition) is 3. The van der Waals surface area contributed by atoms with Crippen LogP contribution in [0.4, 0.5) is 0 Å². The third-order valence-corrected chi connectivity index (χ3v) is 3.32. The second kappa shape index (κ2) is 4.90. The number of carbonyl (C=O) groups is 1. The molecule has 0 aliphatic rings. The quantitative estimate of drug-likeness (QED) is 0.790. The Kier molecular flexibility index (Phi) is 3.06. The fraction of sp³-hybridized carbons (Fsp3) is 0.133. The molecule has 21 heavy (non-hydrogen) atoms. The van der Waals surface area contributed by atoms with Crippen molar-refractivity contribution in [3.05, 3.63) is 64.2 Å². The molecular formula is C15H13N3O3. The summed E-state index contributed by atoms with van der Waals surface area (Å²) in [5, 5.41) is 13.9. The van der Waals surface area contributed by atoms with Crippen molar-refractivity contribution in [1.29, 1.82) is 0 Å². The maximum Gasteiger partial charge on any atom is 0.341 e. The third kappa shape index (κ3) is 2.31. The standard InChI is InChI=1S/C15H13N3O3/c1-17-7-6-10(16-17)8-18-9-12(15(20)21)14(19)11-4-2-3-5-13(11)18/h2-7,9H,8H2,1H3,(H,20,21). The van der Waals surface area contributed by atoms with Crippen LogP contribution in [0.15, 0.2) is 47.5 Å². The average molecular weight is 283 g/mol. The molecule has 0 saturated carbocycles. The summed E-state index contributed by atoms with van der Waals surface area (Å²) in [6.45, 7) is 0.405. The molecular weight excluding hydrogens is 270 g/mol. The molecule has 0 atom stereocenters. The van der Waals surface area contributed by atoms with E-state index in [1.54, 1.807) is 27.4 Å². The lowest BCUT2D eigenvalue weighted by Gasteiger charge is -2.10. The maximum absolute atomic E-state index is 12.2. The highest BCUT2D eigenvalue weighted by Crippen LogP contribution is 2.13. The number of benzene rings is 1. The second-order valence-corrected chi connectivity index (χ2v) is 4.80. The maximum atomic E-state index is 12.2. The van der Waals surface area contributed by atoms with E-state index in [0.29, 0.717) is 17.4 Å². The minimum absolute atomic E-state index is 0.232. The van der Waals surface area contributed by atoms with E-state index in [0.717, 1.165) is 5.69 Å². The number of fused-ring (bicyclic) bond motifs is 1. The Balaban J connectivity index is 2.23. The van der Waals surface area contributed by atoms with Crippen LogP contribution in [0.5, 0.6) is 0 Å². The summed E-state index contributed by atoms with van der Waals surface area (Å²) in [5.41, 5.74) is 0.792. The topological polar surface area (TPSA) is 77.1 Å². The predicted octanol–water partition coefficient (Wildman–Crippen LogP) is 1.48. The largest absolute Gasteiger partial charge is 0.477 e. The number of rotatable bonds is 3. The Labute approximate surface area is 119 Å². The van der Waals surface area contributed by atoms with Gasteiger partial charge in [0, 0.05) is 24.8 Å². The highest BCUT2D eigenvalue weighted by Gasteiger charge is 2.14. The van der Waals surface area contributed by atoms with Crippen LogP contribution < -0.4 is 5.43 Å². The Morgan fingerprint density at radius 3 is 2.71 bits per heavy atom. The van der Waals surface area contributed by atoms with Gasteiger partial charge in [0.1, 0.15) is 5.56 Å². The summed E-state index contributed by atoms with van der Waals surface area (Å²) in [6, 6.07) is 8.83. The third-order valence-electron chi connectivity index (χ3n) is 3.32. The van der Waals surface area contributed by atoms with E-state index >= 15 is 0 Å². The number of carboxylic acids is 1. The van der Waals surface area contributed by atoms with Gasteiger partial charge in [-0.15, -0.1) is 0 Å². The zero-order valence-electron chi connectivity index (χ0n) is 11.4. The molecule has 2 aromatic heterocycles. The molecule has 1 N–H and O–H groups in total. The summed E-state index contributed by atoms with van der Waals surface area (Å²) in [7, 11) is 1.82. The van der Waals surface area contributed by atoms with E-state index < -0.39 is 11.4 Å². The molecule has 6 heteroatoms. The van der Waals surface area contributed by atoms with Crippen molar-refractivity contribution in [1.82, 2.24) is 14.3 Å². The predicted molar refractivity (Wildman–Crippen MR) is 77.5 cm³/mol. The molecule has 0 bridgehead atoms. The van der Waals surface area contributed by atoms with Gasteiger partial charge in [-0.05, 0) is 18.2 Å². The number of pyridine rings is 1. The van der Waals surface area contributed by atoms with Gasteiger partial charge in [-0.1, -0.05) is 12.1 Å². The molecule has 1 aromatic carbocycles. The van der Waals surface area contributed by atoms with Crippen molar-refractivity contribution in [3.63, 3.8) is 0 Å². The van der Waals surface area contributed by atoms with Crippen LogP contribution in [-0.2, 0) is 13.6 Å². The fourth-order valence-corrected chi connectivity index (χ4v) is 2.35. The number of aromatic nitrogens is 3. The summed E-state index contributed by atoms with van der Waals surface area (Å²) in [4.78, 5) is 23.4. The molecule has 3 rings (SSSR count). The first-order valence-corrected chi connectivity index (χ1v) is 6.40. The monoisotopic (exact) mass is 283 g/mol. The van der Waals surface area contributed by atoms with E-state index in [1.165, 1.54) is 6.20 Å². The van der Waals surface area contributed by atoms with E-state index in [9.17, 15) is 14.7 Å². The second-order valence-electron chi connectivity index (χ2n) is 4.80. The molecule has 6 nitrogen and oxygen atoms in total. The summed E-state index contributed by atoms with van der Waals surface area (Å²) in [5.74, 6) is -1.22. The first-order valence-electron chi connectivity index (χ1n) is 6.40.